The lowest BCUT2D eigenvalue weighted by atomic mass is 10.1. The van der Waals surface area contributed by atoms with E-state index in [1.807, 2.05) is 0 Å². The Balaban J connectivity index is 2.26. The number of ether oxygens (including phenoxy) is 2. The van der Waals surface area contributed by atoms with Gasteiger partial charge in [-0.1, -0.05) is 18.2 Å². The molecule has 4 nitrogen and oxygen atoms in total. The molecule has 0 bridgehead atoms. The van der Waals surface area contributed by atoms with E-state index in [9.17, 15) is 13.6 Å². The Morgan fingerprint density at radius 3 is 2.65 bits per heavy atom. The number of aromatic nitrogens is 1. The first-order chi connectivity index (χ1) is 9.54. The van der Waals surface area contributed by atoms with Crippen LogP contribution in [0.15, 0.2) is 48.7 Å². The Morgan fingerprint density at radius 2 is 2.00 bits per heavy atom. The van der Waals surface area contributed by atoms with Crippen LogP contribution < -0.4 is 4.74 Å². The summed E-state index contributed by atoms with van der Waals surface area (Å²) in [5.41, 5.74) is -0.502. The van der Waals surface area contributed by atoms with Crippen LogP contribution in [-0.2, 0) is 15.5 Å². The summed E-state index contributed by atoms with van der Waals surface area (Å²) >= 11 is 0. The molecular weight excluding hydrogens is 268 g/mol. The second kappa shape index (κ2) is 5.64. The molecular formula is C14H11F2NO3. The van der Waals surface area contributed by atoms with E-state index in [1.165, 1.54) is 18.3 Å². The fraction of sp³-hybridized carbons (Fsp3) is 0.143. The molecule has 2 aromatic rings. The molecule has 104 valence electrons. The van der Waals surface area contributed by atoms with Crippen molar-refractivity contribution in [1.82, 2.24) is 4.98 Å². The van der Waals surface area contributed by atoms with Gasteiger partial charge in [-0.3, -0.25) is 0 Å². The molecule has 0 fully saturated rings. The van der Waals surface area contributed by atoms with Gasteiger partial charge in [-0.05, 0) is 18.2 Å². The van der Waals surface area contributed by atoms with Gasteiger partial charge in [-0.2, -0.15) is 8.78 Å². The lowest BCUT2D eigenvalue weighted by molar-refractivity contribution is -0.170. The minimum absolute atomic E-state index is 0.157. The van der Waals surface area contributed by atoms with Crippen molar-refractivity contribution in [2.45, 2.75) is 5.92 Å². The number of carbonyl (C=O) groups is 1. The van der Waals surface area contributed by atoms with Crippen LogP contribution in [0.1, 0.15) is 5.56 Å². The summed E-state index contributed by atoms with van der Waals surface area (Å²) in [6.07, 6.45) is 1.52. The molecule has 0 saturated carbocycles. The summed E-state index contributed by atoms with van der Waals surface area (Å²) in [5, 5.41) is 0. The molecule has 0 amide bonds. The maximum absolute atomic E-state index is 13.7. The summed E-state index contributed by atoms with van der Waals surface area (Å²) in [7, 11) is 0.907. The number of pyridine rings is 1. The molecule has 0 aliphatic rings. The number of hydrogen-bond acceptors (Lipinski definition) is 4. The van der Waals surface area contributed by atoms with Crippen LogP contribution in [0, 0.1) is 0 Å². The van der Waals surface area contributed by atoms with Crippen molar-refractivity contribution in [3.05, 3.63) is 54.2 Å². The van der Waals surface area contributed by atoms with Gasteiger partial charge in [0.05, 0.1) is 7.11 Å². The van der Waals surface area contributed by atoms with E-state index < -0.39 is 17.5 Å². The number of methoxy groups -OCH3 is 1. The molecule has 0 saturated heterocycles. The molecule has 20 heavy (non-hydrogen) atoms. The average molecular weight is 279 g/mol. The summed E-state index contributed by atoms with van der Waals surface area (Å²) in [6, 6.07) is 10.1. The SMILES string of the molecule is COC(=O)C(F)(F)c1cccc(Oc2ccccn2)c1. The Kier molecular flexibility index (Phi) is 3.93. The zero-order chi connectivity index (χ0) is 14.6. The molecule has 0 unspecified atom stereocenters. The van der Waals surface area contributed by atoms with E-state index in [-0.39, 0.29) is 11.6 Å². The van der Waals surface area contributed by atoms with Gasteiger partial charge >= 0.3 is 11.9 Å². The Morgan fingerprint density at radius 1 is 1.20 bits per heavy atom. The number of benzene rings is 1. The molecule has 0 aliphatic carbocycles. The van der Waals surface area contributed by atoms with E-state index in [1.54, 1.807) is 18.2 Å². The zero-order valence-electron chi connectivity index (χ0n) is 10.5. The van der Waals surface area contributed by atoms with Crippen molar-refractivity contribution in [2.75, 3.05) is 7.11 Å². The highest BCUT2D eigenvalue weighted by atomic mass is 19.3. The molecule has 1 aromatic carbocycles. The normalized spacial score (nSPS) is 10.9. The van der Waals surface area contributed by atoms with Crippen LogP contribution in [0.3, 0.4) is 0 Å². The zero-order valence-corrected chi connectivity index (χ0v) is 10.5. The molecule has 6 heteroatoms. The summed E-state index contributed by atoms with van der Waals surface area (Å²) in [4.78, 5) is 15.0. The van der Waals surface area contributed by atoms with Gasteiger partial charge in [0.1, 0.15) is 5.75 Å². The van der Waals surface area contributed by atoms with Crippen molar-refractivity contribution in [3.63, 3.8) is 0 Å². The molecule has 1 aromatic heterocycles. The average Bonchev–Trinajstić information content (AvgIpc) is 2.47. The maximum Gasteiger partial charge on any atom is 0.381 e. The standard InChI is InChI=1S/C14H11F2NO3/c1-19-13(18)14(15,16)10-5-4-6-11(9-10)20-12-7-2-3-8-17-12/h2-9H,1H3. The largest absolute Gasteiger partial charge is 0.464 e. The van der Waals surface area contributed by atoms with E-state index in [2.05, 4.69) is 9.72 Å². The number of alkyl halides is 2. The first-order valence-electron chi connectivity index (χ1n) is 5.69. The Labute approximate surface area is 114 Å². The van der Waals surface area contributed by atoms with Gasteiger partial charge in [-0.15, -0.1) is 0 Å². The van der Waals surface area contributed by atoms with Gasteiger partial charge in [-0.25, -0.2) is 9.78 Å². The van der Waals surface area contributed by atoms with Crippen LogP contribution in [0.4, 0.5) is 8.78 Å². The first kappa shape index (κ1) is 13.9. The van der Waals surface area contributed by atoms with E-state index in [0.717, 1.165) is 19.2 Å². The molecule has 0 aliphatic heterocycles. The summed E-state index contributed by atoms with van der Waals surface area (Å²) in [6.45, 7) is 0. The molecule has 0 N–H and O–H groups in total. The molecule has 1 heterocycles. The van der Waals surface area contributed by atoms with Gasteiger partial charge in [0, 0.05) is 17.8 Å². The quantitative estimate of drug-likeness (QED) is 0.807. The van der Waals surface area contributed by atoms with Gasteiger partial charge in [0.25, 0.3) is 0 Å². The van der Waals surface area contributed by atoms with Crippen LogP contribution in [0.5, 0.6) is 11.6 Å². The van der Waals surface area contributed by atoms with Gasteiger partial charge in [0.2, 0.25) is 5.88 Å². The second-order valence-corrected chi connectivity index (χ2v) is 3.86. The lowest BCUT2D eigenvalue weighted by Gasteiger charge is -2.14. The second-order valence-electron chi connectivity index (χ2n) is 3.86. The van der Waals surface area contributed by atoms with E-state index in [0.29, 0.717) is 0 Å². The number of esters is 1. The third kappa shape index (κ3) is 2.90. The highest BCUT2D eigenvalue weighted by Gasteiger charge is 2.42. The van der Waals surface area contributed by atoms with Crippen LogP contribution in [0.2, 0.25) is 0 Å². The third-order valence-electron chi connectivity index (χ3n) is 2.50. The third-order valence-corrected chi connectivity index (χ3v) is 2.50. The highest BCUT2D eigenvalue weighted by molar-refractivity contribution is 5.79. The van der Waals surface area contributed by atoms with Crippen LogP contribution >= 0.6 is 0 Å². The van der Waals surface area contributed by atoms with Crippen LogP contribution in [-0.4, -0.2) is 18.1 Å². The number of carbonyl (C=O) groups excluding carboxylic acids is 1. The van der Waals surface area contributed by atoms with Crippen molar-refractivity contribution in [3.8, 4) is 11.6 Å². The monoisotopic (exact) mass is 279 g/mol. The highest BCUT2D eigenvalue weighted by Crippen LogP contribution is 2.32. The smallest absolute Gasteiger partial charge is 0.381 e. The van der Waals surface area contributed by atoms with Crippen molar-refractivity contribution in [2.24, 2.45) is 0 Å². The molecule has 2 rings (SSSR count). The lowest BCUT2D eigenvalue weighted by Crippen LogP contribution is -2.27. The predicted octanol–water partition coefficient (Wildman–Crippen LogP) is 3.14. The number of nitrogens with zero attached hydrogens (tertiary/aromatic N) is 1. The predicted molar refractivity (Wildman–Crippen MR) is 66.7 cm³/mol. The maximum atomic E-state index is 13.7. The minimum atomic E-state index is -3.72. The molecule has 0 radical (unpaired) electrons. The van der Waals surface area contributed by atoms with Gasteiger partial charge < -0.3 is 9.47 Å². The van der Waals surface area contributed by atoms with Crippen molar-refractivity contribution < 1.29 is 23.0 Å². The summed E-state index contributed by atoms with van der Waals surface area (Å²) in [5.74, 6) is -4.92. The van der Waals surface area contributed by atoms with Gasteiger partial charge in [0.15, 0.2) is 0 Å². The summed E-state index contributed by atoms with van der Waals surface area (Å²) < 4.78 is 36.9. The molecule has 0 spiro atoms. The number of hydrogen-bond donors (Lipinski definition) is 0. The van der Waals surface area contributed by atoms with Crippen LogP contribution in [0.25, 0.3) is 0 Å². The minimum Gasteiger partial charge on any atom is -0.464 e. The van der Waals surface area contributed by atoms with E-state index >= 15 is 0 Å². The topological polar surface area (TPSA) is 48.4 Å². The van der Waals surface area contributed by atoms with Crippen molar-refractivity contribution >= 4 is 5.97 Å². The Bertz CT molecular complexity index is 602. The first-order valence-corrected chi connectivity index (χ1v) is 5.69. The number of rotatable bonds is 4. The fourth-order valence-corrected chi connectivity index (χ4v) is 1.53. The Hall–Kier alpha value is -2.50. The van der Waals surface area contributed by atoms with Crippen molar-refractivity contribution in [1.29, 1.82) is 0 Å². The van der Waals surface area contributed by atoms with E-state index in [4.69, 9.17) is 4.74 Å². The fourth-order valence-electron chi connectivity index (χ4n) is 1.53. The number of halogens is 2. The molecule has 0 atom stereocenters.